The monoisotopic (exact) mass is 330 g/mol. The van der Waals surface area contributed by atoms with Crippen molar-refractivity contribution in [1.82, 2.24) is 4.90 Å². The number of nitrogens with zero attached hydrogens (tertiary/aromatic N) is 2. The molecule has 0 aliphatic carbocycles. The van der Waals surface area contributed by atoms with E-state index in [1.165, 1.54) is 0 Å². The van der Waals surface area contributed by atoms with Crippen LogP contribution in [0.5, 0.6) is 5.75 Å². The smallest absolute Gasteiger partial charge is 0.140 e. The van der Waals surface area contributed by atoms with Gasteiger partial charge in [-0.3, -0.25) is 0 Å². The zero-order chi connectivity index (χ0) is 15.0. The van der Waals surface area contributed by atoms with E-state index in [2.05, 4.69) is 9.80 Å². The summed E-state index contributed by atoms with van der Waals surface area (Å²) in [7, 11) is 0. The number of β-amino-alcohol motifs (C(OH)–C–C–N with tert-alkyl or cyclic N) is 1. The summed E-state index contributed by atoms with van der Waals surface area (Å²) >= 11 is 12.3. The Kier molecular flexibility index (Phi) is 4.23. The van der Waals surface area contributed by atoms with Gasteiger partial charge in [-0.05, 0) is 38.1 Å². The number of hydrogen-bond donors (Lipinski definition) is 2. The van der Waals surface area contributed by atoms with Gasteiger partial charge in [0.15, 0.2) is 0 Å². The topological polar surface area (TPSA) is 46.9 Å². The number of phenols is 1. The maximum Gasteiger partial charge on any atom is 0.140 e. The Bertz CT molecular complexity index is 523. The van der Waals surface area contributed by atoms with Crippen LogP contribution >= 0.6 is 23.2 Å². The number of phenolic OH excluding ortho intramolecular Hbond substituents is 1. The molecule has 0 atom stereocenters. The van der Waals surface area contributed by atoms with Crippen molar-refractivity contribution in [3.05, 3.63) is 22.2 Å². The molecule has 2 aliphatic rings. The van der Waals surface area contributed by atoms with Crippen LogP contribution in [-0.2, 0) is 0 Å². The van der Waals surface area contributed by atoms with Gasteiger partial charge in [-0.2, -0.15) is 0 Å². The van der Waals surface area contributed by atoms with E-state index in [9.17, 15) is 5.11 Å². The number of likely N-dealkylation sites (tertiary alicyclic amines) is 1. The Morgan fingerprint density at radius 2 is 1.81 bits per heavy atom. The van der Waals surface area contributed by atoms with Gasteiger partial charge in [-0.1, -0.05) is 23.2 Å². The number of aromatic hydroxyl groups is 1. The molecule has 0 bridgehead atoms. The van der Waals surface area contributed by atoms with E-state index in [-0.39, 0.29) is 12.4 Å². The normalized spacial score (nSPS) is 21.6. The molecule has 0 radical (unpaired) electrons. The quantitative estimate of drug-likeness (QED) is 0.894. The summed E-state index contributed by atoms with van der Waals surface area (Å²) in [5, 5.41) is 19.9. The van der Waals surface area contributed by atoms with Gasteiger partial charge in [0.25, 0.3) is 0 Å². The summed E-state index contributed by atoms with van der Waals surface area (Å²) in [6.07, 6.45) is 2.25. The summed E-state index contributed by atoms with van der Waals surface area (Å²) < 4.78 is 0. The van der Waals surface area contributed by atoms with Gasteiger partial charge in [-0.15, -0.1) is 0 Å². The first-order chi connectivity index (χ1) is 10.0. The lowest BCUT2D eigenvalue weighted by atomic mass is 9.71. The van der Waals surface area contributed by atoms with E-state index < -0.39 is 0 Å². The van der Waals surface area contributed by atoms with E-state index in [0.29, 0.717) is 21.1 Å². The van der Waals surface area contributed by atoms with Gasteiger partial charge in [-0.25, -0.2) is 0 Å². The Hall–Kier alpha value is -0.680. The number of benzene rings is 1. The van der Waals surface area contributed by atoms with E-state index >= 15 is 0 Å². The minimum Gasteiger partial charge on any atom is -0.506 e. The molecule has 2 fully saturated rings. The lowest BCUT2D eigenvalue weighted by Gasteiger charge is -2.55. The molecular weight excluding hydrogens is 311 g/mol. The van der Waals surface area contributed by atoms with Crippen molar-refractivity contribution in [2.75, 3.05) is 44.2 Å². The molecule has 1 aromatic carbocycles. The molecule has 116 valence electrons. The van der Waals surface area contributed by atoms with Crippen LogP contribution < -0.4 is 4.90 Å². The fourth-order valence-corrected chi connectivity index (χ4v) is 3.89. The molecule has 1 spiro atoms. The number of aliphatic hydroxyl groups is 1. The summed E-state index contributed by atoms with van der Waals surface area (Å²) in [5.74, 6) is 0.192. The summed E-state index contributed by atoms with van der Waals surface area (Å²) in [5.41, 5.74) is 0.983. The molecular formula is C15H20Cl2N2O2. The average molecular weight is 331 g/mol. The van der Waals surface area contributed by atoms with Crippen LogP contribution in [0.15, 0.2) is 12.1 Å². The Morgan fingerprint density at radius 3 is 2.43 bits per heavy atom. The van der Waals surface area contributed by atoms with Gasteiger partial charge in [0.2, 0.25) is 0 Å². The van der Waals surface area contributed by atoms with Crippen LogP contribution in [0, 0.1) is 5.41 Å². The third-order valence-electron chi connectivity index (χ3n) is 4.75. The maximum atomic E-state index is 10.0. The van der Waals surface area contributed by atoms with Crippen LogP contribution in [0.3, 0.4) is 0 Å². The lowest BCUT2D eigenvalue weighted by Crippen LogP contribution is -2.60. The molecule has 1 aromatic rings. The van der Waals surface area contributed by atoms with Crippen molar-refractivity contribution in [2.24, 2.45) is 5.41 Å². The minimum atomic E-state index is 0.192. The van der Waals surface area contributed by atoms with Crippen molar-refractivity contribution in [2.45, 2.75) is 12.8 Å². The van der Waals surface area contributed by atoms with Crippen molar-refractivity contribution in [3.8, 4) is 5.75 Å². The fourth-order valence-electron chi connectivity index (χ4n) is 3.46. The van der Waals surface area contributed by atoms with Crippen LogP contribution in [-0.4, -0.2) is 54.4 Å². The predicted molar refractivity (Wildman–Crippen MR) is 85.5 cm³/mol. The third kappa shape index (κ3) is 2.82. The van der Waals surface area contributed by atoms with Crippen LogP contribution in [0.1, 0.15) is 12.8 Å². The molecule has 6 heteroatoms. The molecule has 0 unspecified atom stereocenters. The highest BCUT2D eigenvalue weighted by Gasteiger charge is 2.45. The highest BCUT2D eigenvalue weighted by Crippen LogP contribution is 2.48. The molecule has 2 N–H and O–H groups in total. The van der Waals surface area contributed by atoms with Gasteiger partial charge in [0.05, 0.1) is 22.3 Å². The molecule has 0 aromatic heterocycles. The maximum absolute atomic E-state index is 10.0. The molecule has 4 nitrogen and oxygen atoms in total. The number of piperidine rings is 1. The number of aliphatic hydroxyl groups excluding tert-OH is 1. The second-order valence-corrected chi connectivity index (χ2v) is 6.94. The van der Waals surface area contributed by atoms with Gasteiger partial charge < -0.3 is 20.0 Å². The molecule has 2 heterocycles. The standard InChI is InChI=1S/C15H20Cl2N2O2/c16-11-1-2-12(21)14(13(11)17)19-9-15(10-19)3-5-18(6-4-15)7-8-20/h1-2,20-21H,3-10H2. The Balaban J connectivity index is 1.65. The van der Waals surface area contributed by atoms with Crippen LogP contribution in [0.4, 0.5) is 5.69 Å². The van der Waals surface area contributed by atoms with Crippen LogP contribution in [0.25, 0.3) is 0 Å². The molecule has 0 amide bonds. The molecule has 0 saturated carbocycles. The van der Waals surface area contributed by atoms with E-state index in [1.807, 2.05) is 0 Å². The second-order valence-electron chi connectivity index (χ2n) is 6.15. The van der Waals surface area contributed by atoms with Crippen LogP contribution in [0.2, 0.25) is 10.0 Å². The van der Waals surface area contributed by atoms with E-state index in [4.69, 9.17) is 28.3 Å². The predicted octanol–water partition coefficient (Wildman–Crippen LogP) is 2.59. The fraction of sp³-hybridized carbons (Fsp3) is 0.600. The Labute approximate surface area is 134 Å². The minimum absolute atomic E-state index is 0.192. The SMILES string of the molecule is OCCN1CCC2(CC1)CN(c1c(O)ccc(Cl)c1Cl)C2. The number of anilines is 1. The van der Waals surface area contributed by atoms with Crippen molar-refractivity contribution in [1.29, 1.82) is 0 Å². The first kappa shape index (κ1) is 15.2. The number of halogens is 2. The van der Waals surface area contributed by atoms with Gasteiger partial charge >= 0.3 is 0 Å². The van der Waals surface area contributed by atoms with E-state index in [1.54, 1.807) is 12.1 Å². The third-order valence-corrected chi connectivity index (χ3v) is 5.54. The zero-order valence-corrected chi connectivity index (χ0v) is 13.4. The van der Waals surface area contributed by atoms with Gasteiger partial charge in [0, 0.05) is 25.0 Å². The molecule has 3 rings (SSSR count). The van der Waals surface area contributed by atoms with E-state index in [0.717, 1.165) is 45.6 Å². The molecule has 2 aliphatic heterocycles. The van der Waals surface area contributed by atoms with Crippen molar-refractivity contribution in [3.63, 3.8) is 0 Å². The lowest BCUT2D eigenvalue weighted by molar-refractivity contribution is 0.0659. The summed E-state index contributed by atoms with van der Waals surface area (Å²) in [4.78, 5) is 4.42. The largest absolute Gasteiger partial charge is 0.506 e. The first-order valence-electron chi connectivity index (χ1n) is 7.30. The molecule has 21 heavy (non-hydrogen) atoms. The highest BCUT2D eigenvalue weighted by atomic mass is 35.5. The second kappa shape index (κ2) is 5.84. The molecule has 2 saturated heterocycles. The van der Waals surface area contributed by atoms with Gasteiger partial charge in [0.1, 0.15) is 5.75 Å². The van der Waals surface area contributed by atoms with Crippen molar-refractivity contribution < 1.29 is 10.2 Å². The highest BCUT2D eigenvalue weighted by molar-refractivity contribution is 6.44. The summed E-state index contributed by atoms with van der Waals surface area (Å²) in [6.45, 7) is 4.88. The number of hydrogen-bond acceptors (Lipinski definition) is 4. The van der Waals surface area contributed by atoms with Crippen molar-refractivity contribution >= 4 is 28.9 Å². The number of rotatable bonds is 3. The average Bonchev–Trinajstić information content (AvgIpc) is 2.44. The zero-order valence-electron chi connectivity index (χ0n) is 11.9. The Morgan fingerprint density at radius 1 is 1.14 bits per heavy atom. The first-order valence-corrected chi connectivity index (χ1v) is 8.05. The summed E-state index contributed by atoms with van der Waals surface area (Å²) in [6, 6.07) is 3.21.